The molecule has 1 atom stereocenters. The highest BCUT2D eigenvalue weighted by Crippen LogP contribution is 2.13. The molecular formula is C10H16N2O2. The number of aromatic amines is 1. The molecule has 4 N–H and O–H groups in total. The highest BCUT2D eigenvalue weighted by molar-refractivity contribution is 5.87. The Morgan fingerprint density at radius 1 is 1.71 bits per heavy atom. The van der Waals surface area contributed by atoms with E-state index >= 15 is 0 Å². The van der Waals surface area contributed by atoms with Crippen molar-refractivity contribution in [2.24, 2.45) is 11.7 Å². The molecule has 1 aromatic heterocycles. The highest BCUT2D eigenvalue weighted by atomic mass is 16.4. The summed E-state index contributed by atoms with van der Waals surface area (Å²) in [6, 6.07) is 1.87. The fourth-order valence-electron chi connectivity index (χ4n) is 1.42. The lowest BCUT2D eigenvalue weighted by molar-refractivity contribution is 0.0690. The monoisotopic (exact) mass is 196 g/mol. The molecule has 1 rings (SSSR count). The maximum atomic E-state index is 10.7. The molecule has 0 aliphatic carbocycles. The molecule has 4 nitrogen and oxygen atoms in total. The van der Waals surface area contributed by atoms with Gasteiger partial charge in [0.05, 0.1) is 0 Å². The van der Waals surface area contributed by atoms with Gasteiger partial charge in [0.1, 0.15) is 5.69 Å². The number of aryl methyl sites for hydroxylation is 1. The lowest BCUT2D eigenvalue weighted by Gasteiger charge is -2.05. The number of nitrogens with one attached hydrogen (secondary N) is 1. The Kier molecular flexibility index (Phi) is 3.30. The van der Waals surface area contributed by atoms with Crippen LogP contribution in [-0.4, -0.2) is 22.6 Å². The highest BCUT2D eigenvalue weighted by Gasteiger charge is 2.12. The summed E-state index contributed by atoms with van der Waals surface area (Å²) in [4.78, 5) is 13.6. The molecule has 0 saturated heterocycles. The van der Waals surface area contributed by atoms with E-state index in [1.807, 2.05) is 13.0 Å². The number of carboxylic acid groups (broad SMARTS) is 1. The first-order valence-corrected chi connectivity index (χ1v) is 4.66. The number of aromatic carboxylic acids is 1. The van der Waals surface area contributed by atoms with E-state index in [9.17, 15) is 4.79 Å². The maximum Gasteiger partial charge on any atom is 0.352 e. The van der Waals surface area contributed by atoms with Crippen molar-refractivity contribution in [3.63, 3.8) is 0 Å². The molecule has 0 amide bonds. The van der Waals surface area contributed by atoms with Gasteiger partial charge in [0.25, 0.3) is 0 Å². The SMILES string of the molecule is Cc1cc(CC(C)CN)[nH]c1C(=O)O. The summed E-state index contributed by atoms with van der Waals surface area (Å²) in [6.07, 6.45) is 0.796. The van der Waals surface area contributed by atoms with Gasteiger partial charge in [-0.05, 0) is 37.4 Å². The van der Waals surface area contributed by atoms with Crippen LogP contribution in [0.3, 0.4) is 0 Å². The zero-order valence-corrected chi connectivity index (χ0v) is 8.50. The molecular weight excluding hydrogens is 180 g/mol. The second kappa shape index (κ2) is 4.28. The zero-order valence-electron chi connectivity index (χ0n) is 8.50. The first-order chi connectivity index (χ1) is 6.54. The van der Waals surface area contributed by atoms with Crippen molar-refractivity contribution in [3.8, 4) is 0 Å². The Hall–Kier alpha value is -1.29. The Bertz CT molecular complexity index is 331. The van der Waals surface area contributed by atoms with E-state index < -0.39 is 5.97 Å². The van der Waals surface area contributed by atoms with Gasteiger partial charge in [-0.25, -0.2) is 4.79 Å². The summed E-state index contributed by atoms with van der Waals surface area (Å²) in [5.74, 6) is -0.538. The van der Waals surface area contributed by atoms with Crippen LogP contribution in [0.2, 0.25) is 0 Å². The van der Waals surface area contributed by atoms with Crippen molar-refractivity contribution in [1.29, 1.82) is 0 Å². The molecule has 0 spiro atoms. The molecule has 0 aliphatic heterocycles. The summed E-state index contributed by atoms with van der Waals surface area (Å²) in [6.45, 7) is 4.44. The summed E-state index contributed by atoms with van der Waals surface area (Å²) >= 11 is 0. The van der Waals surface area contributed by atoms with Gasteiger partial charge in [-0.1, -0.05) is 6.92 Å². The van der Waals surface area contributed by atoms with E-state index in [1.54, 1.807) is 6.92 Å². The van der Waals surface area contributed by atoms with E-state index in [0.29, 0.717) is 12.5 Å². The molecule has 4 heteroatoms. The second-order valence-corrected chi connectivity index (χ2v) is 3.70. The fraction of sp³-hybridized carbons (Fsp3) is 0.500. The van der Waals surface area contributed by atoms with E-state index in [4.69, 9.17) is 10.8 Å². The Morgan fingerprint density at radius 3 is 2.79 bits per heavy atom. The number of nitrogens with two attached hydrogens (primary N) is 1. The van der Waals surface area contributed by atoms with Gasteiger partial charge in [0.2, 0.25) is 0 Å². The van der Waals surface area contributed by atoms with Gasteiger partial charge in [-0.15, -0.1) is 0 Å². The molecule has 0 bridgehead atoms. The molecule has 0 aliphatic rings. The number of aromatic nitrogens is 1. The Labute approximate surface area is 83.1 Å². The van der Waals surface area contributed by atoms with Crippen LogP contribution in [0.25, 0.3) is 0 Å². The quantitative estimate of drug-likeness (QED) is 0.676. The van der Waals surface area contributed by atoms with Crippen LogP contribution < -0.4 is 5.73 Å². The van der Waals surface area contributed by atoms with Crippen LogP contribution in [0, 0.1) is 12.8 Å². The minimum absolute atomic E-state index is 0.282. The van der Waals surface area contributed by atoms with Gasteiger partial charge in [0.15, 0.2) is 0 Å². The second-order valence-electron chi connectivity index (χ2n) is 3.70. The molecule has 1 unspecified atom stereocenters. The van der Waals surface area contributed by atoms with Crippen molar-refractivity contribution in [2.45, 2.75) is 20.3 Å². The lowest BCUT2D eigenvalue weighted by atomic mass is 10.1. The number of carboxylic acids is 1. The summed E-state index contributed by atoms with van der Waals surface area (Å²) in [5, 5.41) is 8.81. The molecule has 78 valence electrons. The van der Waals surface area contributed by atoms with E-state index in [-0.39, 0.29) is 5.69 Å². The lowest BCUT2D eigenvalue weighted by Crippen LogP contribution is -2.13. The largest absolute Gasteiger partial charge is 0.477 e. The van der Waals surface area contributed by atoms with Crippen LogP contribution in [0.4, 0.5) is 0 Å². The number of hydrogen-bond acceptors (Lipinski definition) is 2. The standard InChI is InChI=1S/C10H16N2O2/c1-6(5-11)3-8-4-7(2)9(12-8)10(13)14/h4,6,12H,3,5,11H2,1-2H3,(H,13,14). The number of rotatable bonds is 4. The van der Waals surface area contributed by atoms with Crippen molar-refractivity contribution in [2.75, 3.05) is 6.54 Å². The van der Waals surface area contributed by atoms with Crippen molar-refractivity contribution in [3.05, 3.63) is 23.0 Å². The van der Waals surface area contributed by atoms with Gasteiger partial charge in [0, 0.05) is 5.69 Å². The predicted octanol–water partition coefficient (Wildman–Crippen LogP) is 1.16. The molecule has 1 heterocycles. The van der Waals surface area contributed by atoms with Crippen LogP contribution in [0.1, 0.15) is 28.7 Å². The summed E-state index contributed by atoms with van der Waals surface area (Å²) in [5.41, 5.74) is 7.49. The first kappa shape index (κ1) is 10.8. The van der Waals surface area contributed by atoms with Crippen LogP contribution in [0.5, 0.6) is 0 Å². The maximum absolute atomic E-state index is 10.7. The number of carbonyl (C=O) groups is 1. The zero-order chi connectivity index (χ0) is 10.7. The van der Waals surface area contributed by atoms with E-state index in [1.165, 1.54) is 0 Å². The Balaban J connectivity index is 2.81. The number of H-pyrrole nitrogens is 1. The van der Waals surface area contributed by atoms with Gasteiger partial charge < -0.3 is 15.8 Å². The average molecular weight is 196 g/mol. The summed E-state index contributed by atoms with van der Waals surface area (Å²) in [7, 11) is 0. The molecule has 1 aromatic rings. The minimum atomic E-state index is -0.908. The predicted molar refractivity (Wildman–Crippen MR) is 54.4 cm³/mol. The van der Waals surface area contributed by atoms with E-state index in [2.05, 4.69) is 4.98 Å². The van der Waals surface area contributed by atoms with Crippen LogP contribution >= 0.6 is 0 Å². The molecule has 0 fully saturated rings. The third-order valence-electron chi connectivity index (χ3n) is 2.26. The van der Waals surface area contributed by atoms with Crippen LogP contribution in [-0.2, 0) is 6.42 Å². The fourth-order valence-corrected chi connectivity index (χ4v) is 1.42. The minimum Gasteiger partial charge on any atom is -0.477 e. The molecule has 14 heavy (non-hydrogen) atoms. The van der Waals surface area contributed by atoms with Crippen molar-refractivity contribution in [1.82, 2.24) is 4.98 Å². The van der Waals surface area contributed by atoms with Gasteiger partial charge in [-0.3, -0.25) is 0 Å². The third-order valence-corrected chi connectivity index (χ3v) is 2.26. The van der Waals surface area contributed by atoms with Gasteiger partial charge in [-0.2, -0.15) is 0 Å². The Morgan fingerprint density at radius 2 is 2.36 bits per heavy atom. The normalized spacial score (nSPS) is 12.8. The average Bonchev–Trinajstić information content (AvgIpc) is 2.46. The van der Waals surface area contributed by atoms with Crippen LogP contribution in [0.15, 0.2) is 6.07 Å². The van der Waals surface area contributed by atoms with E-state index in [0.717, 1.165) is 17.7 Å². The molecule has 0 aromatic carbocycles. The third kappa shape index (κ3) is 2.35. The first-order valence-electron chi connectivity index (χ1n) is 4.66. The number of hydrogen-bond donors (Lipinski definition) is 3. The van der Waals surface area contributed by atoms with Crippen molar-refractivity contribution < 1.29 is 9.90 Å². The molecule has 0 saturated carbocycles. The summed E-state index contributed by atoms with van der Waals surface area (Å²) < 4.78 is 0. The van der Waals surface area contributed by atoms with Gasteiger partial charge >= 0.3 is 5.97 Å². The molecule has 0 radical (unpaired) electrons. The van der Waals surface area contributed by atoms with Crippen molar-refractivity contribution >= 4 is 5.97 Å². The smallest absolute Gasteiger partial charge is 0.352 e. The topological polar surface area (TPSA) is 79.1 Å².